The van der Waals surface area contributed by atoms with Crippen LogP contribution in [0.25, 0.3) is 11.1 Å². The molecular weight excluding hydrogens is 268 g/mol. The number of aromatic hydroxyl groups is 1. The molecule has 0 amide bonds. The molecule has 1 heterocycles. The highest BCUT2D eigenvalue weighted by molar-refractivity contribution is 6.30. The quantitative estimate of drug-likeness (QED) is 0.840. The maximum atomic E-state index is 11.8. The van der Waals surface area contributed by atoms with Gasteiger partial charge in [-0.2, -0.15) is 0 Å². The van der Waals surface area contributed by atoms with Crippen molar-refractivity contribution in [2.75, 3.05) is 0 Å². The number of benzene rings is 1. The summed E-state index contributed by atoms with van der Waals surface area (Å²) in [5, 5.41) is 10.5. The van der Waals surface area contributed by atoms with Gasteiger partial charge in [0.05, 0.1) is 0 Å². The van der Waals surface area contributed by atoms with Crippen molar-refractivity contribution < 1.29 is 5.11 Å². The normalized spacial score (nSPS) is 10.4. The molecule has 5 nitrogen and oxygen atoms in total. The fourth-order valence-corrected chi connectivity index (χ4v) is 1.95. The summed E-state index contributed by atoms with van der Waals surface area (Å²) in [7, 11) is 0. The summed E-state index contributed by atoms with van der Waals surface area (Å²) < 4.78 is 1.02. The van der Waals surface area contributed by atoms with Crippen LogP contribution in [0.3, 0.4) is 0 Å². The average Bonchev–Trinajstić information content (AvgIpc) is 2.34. The van der Waals surface area contributed by atoms with Crippen molar-refractivity contribution in [2.24, 2.45) is 0 Å². The monoisotopic (exact) mass is 278 g/mol. The standard InChI is InChI=1S/C13H11ClN2O3/c1-2-6-16-12(18)10(11(17)15-13(16)19)8-4-3-5-9(14)7-8/h2-5,7,18H,1,6H2,(H,15,17,19). The van der Waals surface area contributed by atoms with Gasteiger partial charge in [0.1, 0.15) is 5.56 Å². The molecule has 0 saturated carbocycles. The van der Waals surface area contributed by atoms with E-state index in [2.05, 4.69) is 11.6 Å². The molecule has 0 aliphatic rings. The van der Waals surface area contributed by atoms with Gasteiger partial charge in [0.15, 0.2) is 0 Å². The fourth-order valence-electron chi connectivity index (χ4n) is 1.76. The van der Waals surface area contributed by atoms with E-state index in [9.17, 15) is 14.7 Å². The summed E-state index contributed by atoms with van der Waals surface area (Å²) in [5.41, 5.74) is -0.911. The molecule has 0 spiro atoms. The molecule has 2 N–H and O–H groups in total. The Morgan fingerprint density at radius 2 is 2.16 bits per heavy atom. The number of hydrogen-bond donors (Lipinski definition) is 2. The lowest BCUT2D eigenvalue weighted by atomic mass is 10.1. The van der Waals surface area contributed by atoms with Crippen LogP contribution >= 0.6 is 11.6 Å². The number of rotatable bonds is 3. The fraction of sp³-hybridized carbons (Fsp3) is 0.0769. The zero-order valence-electron chi connectivity index (χ0n) is 9.89. The molecule has 0 radical (unpaired) electrons. The third kappa shape index (κ3) is 2.46. The Morgan fingerprint density at radius 1 is 1.42 bits per heavy atom. The SMILES string of the molecule is C=CCn1c(O)c(-c2cccc(Cl)c2)c(=O)[nH]c1=O. The van der Waals surface area contributed by atoms with E-state index in [1.807, 2.05) is 0 Å². The van der Waals surface area contributed by atoms with Crippen LogP contribution < -0.4 is 11.2 Å². The van der Waals surface area contributed by atoms with Gasteiger partial charge < -0.3 is 5.11 Å². The highest BCUT2D eigenvalue weighted by atomic mass is 35.5. The van der Waals surface area contributed by atoms with Gasteiger partial charge in [-0.25, -0.2) is 4.79 Å². The lowest BCUT2D eigenvalue weighted by molar-refractivity contribution is 0.413. The Kier molecular flexibility index (Phi) is 3.57. The van der Waals surface area contributed by atoms with Gasteiger partial charge in [-0.1, -0.05) is 29.8 Å². The Balaban J connectivity index is 2.77. The second-order valence-electron chi connectivity index (χ2n) is 3.87. The third-order valence-electron chi connectivity index (χ3n) is 2.60. The van der Waals surface area contributed by atoms with Crippen LogP contribution in [0.2, 0.25) is 5.02 Å². The van der Waals surface area contributed by atoms with Gasteiger partial charge in [-0.3, -0.25) is 14.3 Å². The van der Waals surface area contributed by atoms with E-state index in [0.29, 0.717) is 10.6 Å². The lowest BCUT2D eigenvalue weighted by Gasteiger charge is -2.09. The van der Waals surface area contributed by atoms with E-state index < -0.39 is 17.1 Å². The van der Waals surface area contributed by atoms with Crippen molar-refractivity contribution >= 4 is 11.6 Å². The summed E-state index contributed by atoms with van der Waals surface area (Å²) in [4.78, 5) is 25.6. The smallest absolute Gasteiger partial charge is 0.331 e. The Bertz CT molecular complexity index is 746. The summed E-state index contributed by atoms with van der Waals surface area (Å²) in [5.74, 6) is -0.407. The van der Waals surface area contributed by atoms with Gasteiger partial charge >= 0.3 is 5.69 Å². The maximum absolute atomic E-state index is 11.8. The lowest BCUT2D eigenvalue weighted by Crippen LogP contribution is -2.30. The van der Waals surface area contributed by atoms with Crippen LogP contribution in [0.15, 0.2) is 46.5 Å². The van der Waals surface area contributed by atoms with E-state index >= 15 is 0 Å². The Labute approximate surface area is 113 Å². The first-order valence-corrected chi connectivity index (χ1v) is 5.85. The largest absolute Gasteiger partial charge is 0.494 e. The molecule has 0 unspecified atom stereocenters. The minimum Gasteiger partial charge on any atom is -0.494 e. The molecule has 6 heteroatoms. The Morgan fingerprint density at radius 3 is 2.79 bits per heavy atom. The molecule has 2 aromatic rings. The predicted octanol–water partition coefficient (Wildman–Crippen LogP) is 1.75. The van der Waals surface area contributed by atoms with E-state index in [0.717, 1.165) is 4.57 Å². The van der Waals surface area contributed by atoms with Crippen LogP contribution in [0, 0.1) is 0 Å². The number of aromatic nitrogens is 2. The first-order chi connectivity index (χ1) is 9.04. The summed E-state index contributed by atoms with van der Waals surface area (Å²) >= 11 is 5.85. The number of allylic oxidation sites excluding steroid dienone is 1. The molecule has 0 fully saturated rings. The number of H-pyrrole nitrogens is 1. The van der Waals surface area contributed by atoms with Crippen LogP contribution in [0.5, 0.6) is 5.88 Å². The molecule has 1 aromatic carbocycles. The van der Waals surface area contributed by atoms with Crippen molar-refractivity contribution in [3.63, 3.8) is 0 Å². The molecule has 98 valence electrons. The van der Waals surface area contributed by atoms with E-state index in [1.54, 1.807) is 18.2 Å². The van der Waals surface area contributed by atoms with Crippen molar-refractivity contribution in [3.05, 3.63) is 62.8 Å². The van der Waals surface area contributed by atoms with Crippen LogP contribution in [0.4, 0.5) is 0 Å². The summed E-state index contributed by atoms with van der Waals surface area (Å²) in [6, 6.07) is 6.46. The van der Waals surface area contributed by atoms with Crippen molar-refractivity contribution in [3.8, 4) is 17.0 Å². The zero-order valence-corrected chi connectivity index (χ0v) is 10.6. The van der Waals surface area contributed by atoms with Crippen LogP contribution in [-0.2, 0) is 6.54 Å². The molecule has 0 bridgehead atoms. The average molecular weight is 279 g/mol. The number of aromatic amines is 1. The number of nitrogens with zero attached hydrogens (tertiary/aromatic N) is 1. The molecule has 0 aliphatic heterocycles. The highest BCUT2D eigenvalue weighted by Gasteiger charge is 2.15. The predicted molar refractivity (Wildman–Crippen MR) is 73.6 cm³/mol. The van der Waals surface area contributed by atoms with Crippen molar-refractivity contribution in [1.82, 2.24) is 9.55 Å². The van der Waals surface area contributed by atoms with Gasteiger partial charge in [0.25, 0.3) is 5.56 Å². The van der Waals surface area contributed by atoms with Crippen LogP contribution in [-0.4, -0.2) is 14.7 Å². The second-order valence-corrected chi connectivity index (χ2v) is 4.30. The van der Waals surface area contributed by atoms with Gasteiger partial charge in [0.2, 0.25) is 5.88 Å². The highest BCUT2D eigenvalue weighted by Crippen LogP contribution is 2.26. The third-order valence-corrected chi connectivity index (χ3v) is 2.83. The van der Waals surface area contributed by atoms with Crippen LogP contribution in [0.1, 0.15) is 0 Å². The van der Waals surface area contributed by atoms with Gasteiger partial charge in [-0.05, 0) is 17.7 Å². The molecule has 19 heavy (non-hydrogen) atoms. The summed E-state index contributed by atoms with van der Waals surface area (Å²) in [6.45, 7) is 3.59. The van der Waals surface area contributed by atoms with E-state index in [-0.39, 0.29) is 12.1 Å². The molecule has 0 aliphatic carbocycles. The number of hydrogen-bond acceptors (Lipinski definition) is 3. The Hall–Kier alpha value is -2.27. The first-order valence-electron chi connectivity index (χ1n) is 5.47. The van der Waals surface area contributed by atoms with E-state index in [4.69, 9.17) is 11.6 Å². The zero-order chi connectivity index (χ0) is 14.0. The van der Waals surface area contributed by atoms with Crippen molar-refractivity contribution in [2.45, 2.75) is 6.54 Å². The minimum absolute atomic E-state index is 0.00366. The van der Waals surface area contributed by atoms with Gasteiger partial charge in [-0.15, -0.1) is 6.58 Å². The topological polar surface area (TPSA) is 75.1 Å². The summed E-state index contributed by atoms with van der Waals surface area (Å²) in [6.07, 6.45) is 1.45. The second kappa shape index (κ2) is 5.16. The maximum Gasteiger partial charge on any atom is 0.331 e. The molecular formula is C13H11ClN2O3. The van der Waals surface area contributed by atoms with Gasteiger partial charge in [0, 0.05) is 11.6 Å². The molecule has 2 rings (SSSR count). The minimum atomic E-state index is -0.687. The first kappa shape index (κ1) is 13.2. The molecule has 0 atom stereocenters. The van der Waals surface area contributed by atoms with Crippen molar-refractivity contribution in [1.29, 1.82) is 0 Å². The number of halogens is 1. The molecule has 1 aromatic heterocycles. The van der Waals surface area contributed by atoms with E-state index in [1.165, 1.54) is 12.1 Å². The number of nitrogens with one attached hydrogen (secondary N) is 1. The molecule has 0 saturated heterocycles.